The molecule has 3 rings (SSSR count). The second kappa shape index (κ2) is 11.7. The summed E-state index contributed by atoms with van der Waals surface area (Å²) in [5, 5.41) is 17.6. The molecule has 0 aliphatic heterocycles. The van der Waals surface area contributed by atoms with Gasteiger partial charge < -0.3 is 42.6 Å². The zero-order valence-electron chi connectivity index (χ0n) is 22.1. The van der Waals surface area contributed by atoms with Crippen molar-refractivity contribution in [2.24, 2.45) is 5.73 Å². The highest BCUT2D eigenvalue weighted by atomic mass is 32.1. The SMILES string of the molecule is COc1ccc(-c2c(C#N)c(N)nc3sc(C(N)=O)c(N)c23)cc1NC(=O)C[C@@H](NC=O)NC(=O)OC(C)(C)C. The van der Waals surface area contributed by atoms with Crippen molar-refractivity contribution in [3.63, 3.8) is 0 Å². The lowest BCUT2D eigenvalue weighted by Crippen LogP contribution is -2.48. The van der Waals surface area contributed by atoms with Crippen LogP contribution in [-0.2, 0) is 14.3 Å². The van der Waals surface area contributed by atoms with Crippen molar-refractivity contribution in [1.29, 1.82) is 5.26 Å². The maximum atomic E-state index is 12.9. The van der Waals surface area contributed by atoms with Crippen LogP contribution in [0.1, 0.15) is 42.4 Å². The molecule has 3 aromatic rings. The molecule has 0 aliphatic rings. The number of benzene rings is 1. The molecule has 0 fully saturated rings. The zero-order chi connectivity index (χ0) is 29.8. The minimum absolute atomic E-state index is 0.00673. The van der Waals surface area contributed by atoms with Gasteiger partial charge in [-0.1, -0.05) is 6.07 Å². The molecule has 1 aromatic carbocycles. The van der Waals surface area contributed by atoms with E-state index in [1.165, 1.54) is 13.2 Å². The Labute approximate surface area is 232 Å². The van der Waals surface area contributed by atoms with Gasteiger partial charge in [-0.3, -0.25) is 14.4 Å². The van der Waals surface area contributed by atoms with Crippen molar-refractivity contribution < 1.29 is 28.7 Å². The monoisotopic (exact) mass is 568 g/mol. The number of alkyl carbamates (subject to hydrolysis) is 1. The predicted octanol–water partition coefficient (Wildman–Crippen LogP) is 2.03. The molecule has 0 saturated carbocycles. The van der Waals surface area contributed by atoms with Crippen molar-refractivity contribution >= 4 is 63.1 Å². The van der Waals surface area contributed by atoms with Gasteiger partial charge in [0.1, 0.15) is 44.7 Å². The van der Waals surface area contributed by atoms with Crippen LogP contribution in [0.2, 0.25) is 0 Å². The quantitative estimate of drug-likeness (QED) is 0.162. The third-order valence-electron chi connectivity index (χ3n) is 5.35. The third kappa shape index (κ3) is 6.48. The Kier molecular flexibility index (Phi) is 8.65. The molecule has 0 spiro atoms. The summed E-state index contributed by atoms with van der Waals surface area (Å²) in [4.78, 5) is 52.6. The molecule has 0 unspecified atom stereocenters. The number of carbonyl (C=O) groups excluding carboxylic acids is 4. The average molecular weight is 569 g/mol. The summed E-state index contributed by atoms with van der Waals surface area (Å²) in [6.07, 6.45) is -1.93. The van der Waals surface area contributed by atoms with Crippen molar-refractivity contribution in [2.75, 3.05) is 23.9 Å². The zero-order valence-corrected chi connectivity index (χ0v) is 22.9. The molecule has 0 aliphatic carbocycles. The molecule has 210 valence electrons. The van der Waals surface area contributed by atoms with Gasteiger partial charge in [-0.2, -0.15) is 5.26 Å². The number of nitrogens with two attached hydrogens (primary N) is 3. The Morgan fingerprint density at radius 1 is 1.25 bits per heavy atom. The molecule has 0 radical (unpaired) electrons. The number of hydrogen-bond acceptors (Lipinski definition) is 11. The normalized spacial score (nSPS) is 11.7. The van der Waals surface area contributed by atoms with Crippen LogP contribution in [0.25, 0.3) is 21.3 Å². The van der Waals surface area contributed by atoms with E-state index in [1.54, 1.807) is 32.9 Å². The van der Waals surface area contributed by atoms with E-state index in [-0.39, 0.29) is 45.4 Å². The molecule has 2 aromatic heterocycles. The molecule has 15 heteroatoms. The molecule has 14 nitrogen and oxygen atoms in total. The third-order valence-corrected chi connectivity index (χ3v) is 6.47. The number of nitrogen functional groups attached to an aromatic ring is 2. The second-order valence-corrected chi connectivity index (χ2v) is 10.4. The van der Waals surface area contributed by atoms with E-state index in [2.05, 4.69) is 20.9 Å². The number of primary amides is 1. The van der Waals surface area contributed by atoms with Crippen molar-refractivity contribution in [2.45, 2.75) is 39.0 Å². The van der Waals surface area contributed by atoms with Gasteiger partial charge in [0.2, 0.25) is 12.3 Å². The molecular formula is C25H28N8O6S. The van der Waals surface area contributed by atoms with E-state index in [0.29, 0.717) is 22.2 Å². The van der Waals surface area contributed by atoms with Crippen LogP contribution < -0.4 is 37.9 Å². The first kappa shape index (κ1) is 29.5. The number of carbonyl (C=O) groups is 4. The number of hydrogen-bond donors (Lipinski definition) is 6. The minimum Gasteiger partial charge on any atom is -0.495 e. The van der Waals surface area contributed by atoms with Gasteiger partial charge in [0.15, 0.2) is 0 Å². The lowest BCUT2D eigenvalue weighted by Gasteiger charge is -2.23. The van der Waals surface area contributed by atoms with Gasteiger partial charge in [0, 0.05) is 10.9 Å². The van der Waals surface area contributed by atoms with E-state index in [4.69, 9.17) is 26.7 Å². The fraction of sp³-hybridized carbons (Fsp3) is 0.280. The highest BCUT2D eigenvalue weighted by molar-refractivity contribution is 7.21. The summed E-state index contributed by atoms with van der Waals surface area (Å²) in [5.41, 5.74) is 17.9. The predicted molar refractivity (Wildman–Crippen MR) is 149 cm³/mol. The molecule has 9 N–H and O–H groups in total. The van der Waals surface area contributed by atoms with Crippen molar-refractivity contribution in [1.82, 2.24) is 15.6 Å². The first-order chi connectivity index (χ1) is 18.8. The topological polar surface area (TPSA) is 238 Å². The molecule has 2 heterocycles. The Morgan fingerprint density at radius 2 is 1.95 bits per heavy atom. The van der Waals surface area contributed by atoms with E-state index in [1.807, 2.05) is 6.07 Å². The van der Waals surface area contributed by atoms with Gasteiger partial charge in [-0.25, -0.2) is 9.78 Å². The van der Waals surface area contributed by atoms with Crippen LogP contribution in [0.3, 0.4) is 0 Å². The van der Waals surface area contributed by atoms with E-state index in [9.17, 15) is 24.4 Å². The molecule has 0 saturated heterocycles. The fourth-order valence-corrected chi connectivity index (χ4v) is 4.75. The minimum atomic E-state index is -1.08. The van der Waals surface area contributed by atoms with Crippen LogP contribution in [0.15, 0.2) is 18.2 Å². The first-order valence-corrected chi connectivity index (χ1v) is 12.5. The molecule has 40 heavy (non-hydrogen) atoms. The Hall–Kier alpha value is -5.10. The van der Waals surface area contributed by atoms with Crippen LogP contribution in [0.4, 0.5) is 22.0 Å². The van der Waals surface area contributed by atoms with E-state index in [0.717, 1.165) is 11.3 Å². The lowest BCUT2D eigenvalue weighted by molar-refractivity contribution is -0.117. The maximum Gasteiger partial charge on any atom is 0.409 e. The van der Waals surface area contributed by atoms with Crippen LogP contribution in [0, 0.1) is 11.3 Å². The van der Waals surface area contributed by atoms with Crippen LogP contribution >= 0.6 is 11.3 Å². The average Bonchev–Trinajstić information content (AvgIpc) is 3.17. The summed E-state index contributed by atoms with van der Waals surface area (Å²) >= 11 is 0.941. The number of rotatable bonds is 9. The van der Waals surface area contributed by atoms with Crippen LogP contribution in [0.5, 0.6) is 5.75 Å². The smallest absolute Gasteiger partial charge is 0.409 e. The van der Waals surface area contributed by atoms with Gasteiger partial charge in [0.25, 0.3) is 5.91 Å². The standard InChI is InChI=1S/C25H28N8O6S/c1-25(2,3)39-24(37)32-15(30-10-34)8-16(35)31-13-7-11(5-6-14(13)38-4)17-12(9-26)21(28)33-23-18(17)19(27)20(40-23)22(29)36/h5-7,10,15H,8,27H2,1-4H3,(H2,28,33)(H2,29,36)(H,30,34)(H,31,35)(H,32,37)/t15-/m0/s1. The maximum absolute atomic E-state index is 12.9. The highest BCUT2D eigenvalue weighted by Crippen LogP contribution is 2.43. The number of nitrogens with one attached hydrogen (secondary N) is 3. The van der Waals surface area contributed by atoms with Gasteiger partial charge in [0.05, 0.1) is 24.9 Å². The number of pyridine rings is 1. The molecule has 0 bridgehead atoms. The summed E-state index contributed by atoms with van der Waals surface area (Å²) in [6, 6.07) is 6.71. The Balaban J connectivity index is 2.01. The number of amides is 4. The summed E-state index contributed by atoms with van der Waals surface area (Å²) < 4.78 is 10.5. The Bertz CT molecular complexity index is 1540. The van der Waals surface area contributed by atoms with Crippen molar-refractivity contribution in [3.8, 4) is 22.9 Å². The van der Waals surface area contributed by atoms with Gasteiger partial charge in [-0.15, -0.1) is 11.3 Å². The largest absolute Gasteiger partial charge is 0.495 e. The van der Waals surface area contributed by atoms with Gasteiger partial charge >= 0.3 is 6.09 Å². The second-order valence-electron chi connectivity index (χ2n) is 9.40. The lowest BCUT2D eigenvalue weighted by atomic mass is 9.96. The van der Waals surface area contributed by atoms with Crippen molar-refractivity contribution in [3.05, 3.63) is 28.6 Å². The molecule has 1 atom stereocenters. The number of nitrogens with zero attached hydrogens (tertiary/aromatic N) is 2. The number of ether oxygens (including phenoxy) is 2. The molecule has 4 amide bonds. The summed E-state index contributed by atoms with van der Waals surface area (Å²) in [7, 11) is 1.39. The number of nitriles is 1. The number of anilines is 3. The number of fused-ring (bicyclic) bond motifs is 1. The summed E-state index contributed by atoms with van der Waals surface area (Å²) in [5.74, 6) is -1.17. The molecular weight excluding hydrogens is 540 g/mol. The van der Waals surface area contributed by atoms with E-state index < -0.39 is 29.7 Å². The Morgan fingerprint density at radius 3 is 2.52 bits per heavy atom. The fourth-order valence-electron chi connectivity index (χ4n) is 3.79. The van der Waals surface area contributed by atoms with Crippen LogP contribution in [-0.4, -0.2) is 48.2 Å². The van der Waals surface area contributed by atoms with E-state index >= 15 is 0 Å². The highest BCUT2D eigenvalue weighted by Gasteiger charge is 2.25. The number of methoxy groups -OCH3 is 1. The summed E-state index contributed by atoms with van der Waals surface area (Å²) in [6.45, 7) is 5.00. The number of thiophene rings is 1. The van der Waals surface area contributed by atoms with Gasteiger partial charge in [-0.05, 0) is 38.5 Å². The number of aromatic nitrogens is 1. The first-order valence-electron chi connectivity index (χ1n) is 11.7.